The molecule has 7 nitrogen and oxygen atoms in total. The second-order valence-corrected chi connectivity index (χ2v) is 7.90. The molecule has 0 aliphatic carbocycles. The van der Waals surface area contributed by atoms with Crippen LogP contribution in [0.1, 0.15) is 12.5 Å². The van der Waals surface area contributed by atoms with Gasteiger partial charge in [0.05, 0.1) is 16.1 Å². The van der Waals surface area contributed by atoms with Crippen molar-refractivity contribution in [3.8, 4) is 22.9 Å². The molecular weight excluding hydrogens is 458 g/mol. The highest BCUT2D eigenvalue weighted by molar-refractivity contribution is 9.10. The molecule has 0 atom stereocenters. The molecule has 0 radical (unpaired) electrons. The first-order chi connectivity index (χ1) is 14.0. The number of benzene rings is 2. The Morgan fingerprint density at radius 3 is 2.66 bits per heavy atom. The molecule has 0 aliphatic heterocycles. The van der Waals surface area contributed by atoms with E-state index in [0.717, 1.165) is 5.56 Å². The molecule has 0 saturated carbocycles. The molecule has 2 heterocycles. The molecule has 4 rings (SSSR count). The smallest absolute Gasteiger partial charge is 0.308 e. The van der Waals surface area contributed by atoms with Crippen molar-refractivity contribution in [2.75, 3.05) is 7.11 Å². The van der Waals surface area contributed by atoms with E-state index in [0.29, 0.717) is 31.1 Å². The van der Waals surface area contributed by atoms with Gasteiger partial charge in [-0.1, -0.05) is 41.7 Å². The Morgan fingerprint density at radius 1 is 1.24 bits per heavy atom. The van der Waals surface area contributed by atoms with E-state index < -0.39 is 5.97 Å². The lowest BCUT2D eigenvalue weighted by molar-refractivity contribution is -0.132. The van der Waals surface area contributed by atoms with E-state index >= 15 is 0 Å². The van der Waals surface area contributed by atoms with Crippen LogP contribution in [0.15, 0.2) is 51.7 Å². The van der Waals surface area contributed by atoms with Gasteiger partial charge < -0.3 is 9.47 Å². The number of nitrogens with zero attached hydrogens (tertiary/aromatic N) is 3. The van der Waals surface area contributed by atoms with Crippen molar-refractivity contribution in [1.82, 2.24) is 14.6 Å². The van der Waals surface area contributed by atoms with Crippen LogP contribution >= 0.6 is 27.3 Å². The molecule has 9 heteroatoms. The van der Waals surface area contributed by atoms with Crippen molar-refractivity contribution in [1.29, 1.82) is 0 Å². The minimum Gasteiger partial charge on any atom is -0.493 e. The standard InChI is InChI=1S/C20H14BrN3O4S/c1-11(25)28-17-14(21)8-12(9-15(17)27-2)10-16-19(26)24-20(29-16)22-18(23-24)13-6-4-3-5-7-13/h3-10H,1-2H3. The van der Waals surface area contributed by atoms with E-state index in [-0.39, 0.29) is 11.3 Å². The Morgan fingerprint density at radius 2 is 2.00 bits per heavy atom. The van der Waals surface area contributed by atoms with Crippen LogP contribution < -0.4 is 19.6 Å². The number of hydrogen-bond acceptors (Lipinski definition) is 7. The molecule has 4 aromatic rings. The summed E-state index contributed by atoms with van der Waals surface area (Å²) < 4.78 is 12.8. The number of esters is 1. The maximum absolute atomic E-state index is 12.8. The number of carbonyl (C=O) groups excluding carboxylic acids is 1. The summed E-state index contributed by atoms with van der Waals surface area (Å²) in [7, 11) is 1.48. The first-order valence-electron chi connectivity index (χ1n) is 8.49. The molecule has 0 fully saturated rings. The highest BCUT2D eigenvalue weighted by atomic mass is 79.9. The highest BCUT2D eigenvalue weighted by Gasteiger charge is 2.15. The van der Waals surface area contributed by atoms with Gasteiger partial charge >= 0.3 is 5.97 Å². The van der Waals surface area contributed by atoms with Gasteiger partial charge in [0.25, 0.3) is 5.56 Å². The van der Waals surface area contributed by atoms with E-state index in [2.05, 4.69) is 26.0 Å². The van der Waals surface area contributed by atoms with Crippen LogP contribution in [0.4, 0.5) is 0 Å². The lowest BCUT2D eigenvalue weighted by Crippen LogP contribution is -2.23. The van der Waals surface area contributed by atoms with Crippen molar-refractivity contribution < 1.29 is 14.3 Å². The van der Waals surface area contributed by atoms with Gasteiger partial charge in [0.2, 0.25) is 4.96 Å². The van der Waals surface area contributed by atoms with Crippen LogP contribution in [0.25, 0.3) is 22.4 Å². The van der Waals surface area contributed by atoms with E-state index in [1.54, 1.807) is 18.2 Å². The lowest BCUT2D eigenvalue weighted by Gasteiger charge is -2.10. The lowest BCUT2D eigenvalue weighted by atomic mass is 10.2. The summed E-state index contributed by atoms with van der Waals surface area (Å²) in [5, 5.41) is 4.33. The summed E-state index contributed by atoms with van der Waals surface area (Å²) in [6.07, 6.45) is 1.72. The van der Waals surface area contributed by atoms with E-state index in [4.69, 9.17) is 9.47 Å². The van der Waals surface area contributed by atoms with Crippen molar-refractivity contribution in [2.24, 2.45) is 0 Å². The predicted molar refractivity (Wildman–Crippen MR) is 113 cm³/mol. The minimum absolute atomic E-state index is 0.251. The topological polar surface area (TPSA) is 82.8 Å². The molecule has 0 N–H and O–H groups in total. The van der Waals surface area contributed by atoms with Gasteiger partial charge in [-0.25, -0.2) is 0 Å². The van der Waals surface area contributed by atoms with Gasteiger partial charge in [-0.05, 0) is 39.7 Å². The monoisotopic (exact) mass is 471 g/mol. The SMILES string of the molecule is COc1cc(C=c2sc3nc(-c4ccccc4)nn3c2=O)cc(Br)c1OC(C)=O. The van der Waals surface area contributed by atoms with Crippen molar-refractivity contribution in [3.05, 3.63) is 67.4 Å². The maximum atomic E-state index is 12.8. The first kappa shape index (κ1) is 19.3. The van der Waals surface area contributed by atoms with Gasteiger partial charge in [-0.15, -0.1) is 5.10 Å². The Hall–Kier alpha value is -3.04. The number of halogens is 1. The van der Waals surface area contributed by atoms with Crippen LogP contribution in [-0.4, -0.2) is 27.7 Å². The van der Waals surface area contributed by atoms with Crippen molar-refractivity contribution >= 4 is 44.3 Å². The summed E-state index contributed by atoms with van der Waals surface area (Å²) in [6, 6.07) is 12.9. The Bertz CT molecular complexity index is 1330. The molecule has 146 valence electrons. The normalized spacial score (nSPS) is 11.8. The average molecular weight is 472 g/mol. The second kappa shape index (κ2) is 7.76. The van der Waals surface area contributed by atoms with Gasteiger partial charge in [0, 0.05) is 12.5 Å². The molecule has 0 spiro atoms. The predicted octanol–water partition coefficient (Wildman–Crippen LogP) is 3.06. The van der Waals surface area contributed by atoms with Crippen molar-refractivity contribution in [2.45, 2.75) is 6.92 Å². The fraction of sp³-hybridized carbons (Fsp3) is 0.100. The molecule has 0 saturated heterocycles. The summed E-state index contributed by atoms with van der Waals surface area (Å²) in [5.41, 5.74) is 1.30. The van der Waals surface area contributed by atoms with Crippen LogP contribution in [-0.2, 0) is 4.79 Å². The Labute approximate surface area is 177 Å². The zero-order chi connectivity index (χ0) is 20.5. The third-order valence-corrected chi connectivity index (χ3v) is 5.56. The van der Waals surface area contributed by atoms with Crippen LogP contribution in [0.5, 0.6) is 11.5 Å². The molecule has 29 heavy (non-hydrogen) atoms. The molecule has 0 bridgehead atoms. The summed E-state index contributed by atoms with van der Waals surface area (Å²) in [5.74, 6) is 0.715. The summed E-state index contributed by atoms with van der Waals surface area (Å²) >= 11 is 4.63. The Kier molecular flexibility index (Phi) is 5.16. The van der Waals surface area contributed by atoms with Gasteiger partial charge in [0.1, 0.15) is 0 Å². The third-order valence-electron chi connectivity index (χ3n) is 4.01. The largest absolute Gasteiger partial charge is 0.493 e. The molecule has 2 aromatic heterocycles. The van der Waals surface area contributed by atoms with Crippen LogP contribution in [0, 0.1) is 0 Å². The van der Waals surface area contributed by atoms with Gasteiger partial charge in [-0.2, -0.15) is 9.50 Å². The number of ether oxygens (including phenoxy) is 2. The Balaban J connectivity index is 1.78. The molecule has 2 aromatic carbocycles. The number of carbonyl (C=O) groups is 1. The fourth-order valence-corrected chi connectivity index (χ4v) is 4.21. The number of methoxy groups -OCH3 is 1. The minimum atomic E-state index is -0.456. The fourth-order valence-electron chi connectivity index (χ4n) is 2.76. The number of rotatable bonds is 4. The second-order valence-electron chi connectivity index (χ2n) is 6.04. The molecule has 0 amide bonds. The van der Waals surface area contributed by atoms with Crippen LogP contribution in [0.3, 0.4) is 0 Å². The van der Waals surface area contributed by atoms with E-state index in [1.807, 2.05) is 30.3 Å². The molecule has 0 aliphatic rings. The third kappa shape index (κ3) is 3.79. The zero-order valence-corrected chi connectivity index (χ0v) is 17.8. The highest BCUT2D eigenvalue weighted by Crippen LogP contribution is 2.37. The maximum Gasteiger partial charge on any atom is 0.308 e. The first-order valence-corrected chi connectivity index (χ1v) is 10.1. The summed E-state index contributed by atoms with van der Waals surface area (Å²) in [4.78, 5) is 29.0. The van der Waals surface area contributed by atoms with Crippen molar-refractivity contribution in [3.63, 3.8) is 0 Å². The molecule has 0 unspecified atom stereocenters. The number of aromatic nitrogens is 3. The average Bonchev–Trinajstić information content (AvgIpc) is 3.24. The number of hydrogen-bond donors (Lipinski definition) is 0. The quantitative estimate of drug-likeness (QED) is 0.336. The zero-order valence-electron chi connectivity index (χ0n) is 15.4. The number of fused-ring (bicyclic) bond motifs is 1. The number of thiazole rings is 1. The van der Waals surface area contributed by atoms with E-state index in [1.165, 1.54) is 29.9 Å². The van der Waals surface area contributed by atoms with Crippen LogP contribution in [0.2, 0.25) is 0 Å². The van der Waals surface area contributed by atoms with Gasteiger partial charge in [-0.3, -0.25) is 9.59 Å². The molecular formula is C20H14BrN3O4S. The summed E-state index contributed by atoms with van der Waals surface area (Å²) in [6.45, 7) is 1.31. The van der Waals surface area contributed by atoms with Gasteiger partial charge in [0.15, 0.2) is 17.3 Å². The van der Waals surface area contributed by atoms with E-state index in [9.17, 15) is 9.59 Å².